The summed E-state index contributed by atoms with van der Waals surface area (Å²) < 4.78 is 28.1. The fraction of sp³-hybridized carbons (Fsp3) is 0.0526. The van der Waals surface area contributed by atoms with Gasteiger partial charge in [0.25, 0.3) is 0 Å². The van der Waals surface area contributed by atoms with Crippen LogP contribution >= 0.6 is 22.7 Å². The van der Waals surface area contributed by atoms with Crippen molar-refractivity contribution in [3.8, 4) is 21.1 Å². The van der Waals surface area contributed by atoms with Gasteiger partial charge < -0.3 is 0 Å². The Morgan fingerprint density at radius 3 is 2.48 bits per heavy atom. The van der Waals surface area contributed by atoms with E-state index >= 15 is 0 Å². The second-order valence-corrected chi connectivity index (χ2v) is 9.66. The molecule has 1 aromatic carbocycles. The van der Waals surface area contributed by atoms with E-state index in [0.29, 0.717) is 0 Å². The Balaban J connectivity index is 1.45. The average Bonchev–Trinajstić information content (AvgIpc) is 3.40. The van der Waals surface area contributed by atoms with E-state index in [0.717, 1.165) is 26.7 Å². The number of pyridine rings is 1. The Kier molecular flexibility index (Phi) is 5.13. The highest BCUT2D eigenvalue weighted by Crippen LogP contribution is 2.29. The van der Waals surface area contributed by atoms with Gasteiger partial charge in [0.15, 0.2) is 0 Å². The van der Waals surface area contributed by atoms with Gasteiger partial charge in [-0.3, -0.25) is 4.98 Å². The Morgan fingerprint density at radius 2 is 1.78 bits per heavy atom. The summed E-state index contributed by atoms with van der Waals surface area (Å²) in [4.78, 5) is 9.35. The Morgan fingerprint density at radius 1 is 0.926 bits per heavy atom. The Bertz CT molecular complexity index is 1120. The maximum Gasteiger partial charge on any atom is 0.250 e. The summed E-state index contributed by atoms with van der Waals surface area (Å²) in [6, 6.07) is 16.7. The van der Waals surface area contributed by atoms with Crippen LogP contribution in [-0.4, -0.2) is 18.4 Å². The lowest BCUT2D eigenvalue weighted by atomic mass is 10.1. The molecular formula is C19H15N3O2S3. The Labute approximate surface area is 165 Å². The van der Waals surface area contributed by atoms with E-state index in [4.69, 9.17) is 0 Å². The van der Waals surface area contributed by atoms with E-state index in [1.54, 1.807) is 35.9 Å². The SMILES string of the molecule is O=S(=O)(NCc1ccc(-c2nccs2)cc1)c1ccc(-c2ccccn2)s1. The van der Waals surface area contributed by atoms with Crippen molar-refractivity contribution in [3.63, 3.8) is 0 Å². The number of rotatable bonds is 6. The van der Waals surface area contributed by atoms with Crippen molar-refractivity contribution in [2.75, 3.05) is 0 Å². The molecule has 0 saturated carbocycles. The van der Waals surface area contributed by atoms with Crippen molar-refractivity contribution in [1.82, 2.24) is 14.7 Å². The summed E-state index contributed by atoms with van der Waals surface area (Å²) in [5.74, 6) is 0. The number of thiophene rings is 1. The largest absolute Gasteiger partial charge is 0.255 e. The lowest BCUT2D eigenvalue weighted by Gasteiger charge is -2.06. The summed E-state index contributed by atoms with van der Waals surface area (Å²) in [6.07, 6.45) is 3.46. The fourth-order valence-electron chi connectivity index (χ4n) is 2.49. The molecule has 136 valence electrons. The lowest BCUT2D eigenvalue weighted by Crippen LogP contribution is -2.22. The van der Waals surface area contributed by atoms with E-state index in [-0.39, 0.29) is 10.8 Å². The number of hydrogen-bond acceptors (Lipinski definition) is 6. The average molecular weight is 414 g/mol. The second-order valence-electron chi connectivity index (χ2n) is 5.69. The van der Waals surface area contributed by atoms with Crippen LogP contribution in [-0.2, 0) is 16.6 Å². The van der Waals surface area contributed by atoms with Gasteiger partial charge in [-0.2, -0.15) is 0 Å². The minimum Gasteiger partial charge on any atom is -0.255 e. The highest BCUT2D eigenvalue weighted by Gasteiger charge is 2.17. The van der Waals surface area contributed by atoms with E-state index in [2.05, 4.69) is 14.7 Å². The van der Waals surface area contributed by atoms with Crippen LogP contribution in [0.3, 0.4) is 0 Å². The predicted octanol–water partition coefficient (Wildman–Crippen LogP) is 4.41. The zero-order valence-corrected chi connectivity index (χ0v) is 16.5. The molecule has 0 spiro atoms. The third kappa shape index (κ3) is 4.14. The van der Waals surface area contributed by atoms with Gasteiger partial charge in [0.2, 0.25) is 10.0 Å². The minimum absolute atomic E-state index is 0.233. The third-order valence-electron chi connectivity index (χ3n) is 3.86. The summed E-state index contributed by atoms with van der Waals surface area (Å²) in [6.45, 7) is 0.233. The molecule has 1 N–H and O–H groups in total. The van der Waals surface area contributed by atoms with Crippen LogP contribution in [0.1, 0.15) is 5.56 Å². The van der Waals surface area contributed by atoms with Crippen molar-refractivity contribution < 1.29 is 8.42 Å². The van der Waals surface area contributed by atoms with E-state index < -0.39 is 10.0 Å². The van der Waals surface area contributed by atoms with Crippen molar-refractivity contribution in [2.24, 2.45) is 0 Å². The van der Waals surface area contributed by atoms with Gasteiger partial charge in [-0.15, -0.1) is 22.7 Å². The Hall–Kier alpha value is -2.39. The van der Waals surface area contributed by atoms with Crippen LogP contribution in [0.4, 0.5) is 0 Å². The zero-order chi connectivity index (χ0) is 18.7. The van der Waals surface area contributed by atoms with Crippen molar-refractivity contribution in [2.45, 2.75) is 10.8 Å². The molecule has 8 heteroatoms. The van der Waals surface area contributed by atoms with Gasteiger partial charge in [-0.25, -0.2) is 18.1 Å². The van der Waals surface area contributed by atoms with E-state index in [9.17, 15) is 8.42 Å². The summed E-state index contributed by atoms with van der Waals surface area (Å²) in [5.41, 5.74) is 2.68. The van der Waals surface area contributed by atoms with Crippen molar-refractivity contribution in [3.05, 3.63) is 77.9 Å². The first kappa shape index (κ1) is 18.0. The molecule has 0 aliphatic carbocycles. The standard InChI is InChI=1S/C19H15N3O2S3/c23-27(24,18-9-8-17(26-18)16-3-1-2-10-20-16)22-13-14-4-6-15(7-5-14)19-21-11-12-25-19/h1-12,22H,13H2. The van der Waals surface area contributed by atoms with Crippen molar-refractivity contribution >= 4 is 32.7 Å². The maximum atomic E-state index is 12.6. The van der Waals surface area contributed by atoms with Gasteiger partial charge >= 0.3 is 0 Å². The van der Waals surface area contributed by atoms with Gasteiger partial charge in [-0.1, -0.05) is 30.3 Å². The first-order valence-corrected chi connectivity index (χ1v) is 11.3. The van der Waals surface area contributed by atoms with Crippen LogP contribution in [0.15, 0.2) is 76.6 Å². The molecule has 4 aromatic rings. The highest BCUT2D eigenvalue weighted by molar-refractivity contribution is 7.91. The van der Waals surface area contributed by atoms with Gasteiger partial charge in [0.05, 0.1) is 10.6 Å². The first-order chi connectivity index (χ1) is 13.1. The molecule has 27 heavy (non-hydrogen) atoms. The zero-order valence-electron chi connectivity index (χ0n) is 14.1. The molecule has 0 radical (unpaired) electrons. The number of thiazole rings is 1. The molecule has 0 aliphatic heterocycles. The van der Waals surface area contributed by atoms with Crippen LogP contribution in [0, 0.1) is 0 Å². The molecule has 0 bridgehead atoms. The number of benzene rings is 1. The summed E-state index contributed by atoms with van der Waals surface area (Å²) >= 11 is 2.78. The van der Waals surface area contributed by atoms with Crippen LogP contribution in [0.5, 0.6) is 0 Å². The molecule has 0 atom stereocenters. The van der Waals surface area contributed by atoms with Crippen LogP contribution < -0.4 is 4.72 Å². The van der Waals surface area contributed by atoms with Gasteiger partial charge in [0.1, 0.15) is 9.22 Å². The number of nitrogens with zero attached hydrogens (tertiary/aromatic N) is 2. The van der Waals surface area contributed by atoms with Gasteiger partial charge in [-0.05, 0) is 29.8 Å². The molecule has 0 saturated heterocycles. The molecule has 3 heterocycles. The smallest absolute Gasteiger partial charge is 0.250 e. The molecular weight excluding hydrogens is 398 g/mol. The first-order valence-electron chi connectivity index (χ1n) is 8.11. The summed E-state index contributed by atoms with van der Waals surface area (Å²) in [7, 11) is -3.57. The number of aromatic nitrogens is 2. The molecule has 3 aromatic heterocycles. The van der Waals surface area contributed by atoms with Gasteiger partial charge in [0, 0.05) is 29.9 Å². The van der Waals surface area contributed by atoms with Crippen molar-refractivity contribution in [1.29, 1.82) is 0 Å². The lowest BCUT2D eigenvalue weighted by molar-refractivity contribution is 0.583. The third-order valence-corrected chi connectivity index (χ3v) is 7.69. The molecule has 0 amide bonds. The normalized spacial score (nSPS) is 11.6. The highest BCUT2D eigenvalue weighted by atomic mass is 32.2. The monoisotopic (exact) mass is 413 g/mol. The number of nitrogens with one attached hydrogen (secondary N) is 1. The van der Waals surface area contributed by atoms with Crippen LogP contribution in [0.2, 0.25) is 0 Å². The predicted molar refractivity (Wildman–Crippen MR) is 109 cm³/mol. The minimum atomic E-state index is -3.57. The molecule has 0 fully saturated rings. The maximum absolute atomic E-state index is 12.6. The molecule has 0 aliphatic rings. The molecule has 0 unspecified atom stereocenters. The van der Waals surface area contributed by atoms with Crippen LogP contribution in [0.25, 0.3) is 21.1 Å². The van der Waals surface area contributed by atoms with E-state index in [1.807, 2.05) is 47.8 Å². The summed E-state index contributed by atoms with van der Waals surface area (Å²) in [5, 5.41) is 2.88. The molecule has 5 nitrogen and oxygen atoms in total. The quantitative estimate of drug-likeness (QED) is 0.508. The van der Waals surface area contributed by atoms with E-state index in [1.165, 1.54) is 11.3 Å². The second kappa shape index (κ2) is 7.69. The molecule has 4 rings (SSSR count). The number of sulfonamides is 1. The topological polar surface area (TPSA) is 72.0 Å². The number of hydrogen-bond donors (Lipinski definition) is 1. The fourth-order valence-corrected chi connectivity index (χ4v) is 5.48.